The minimum Gasteiger partial charge on any atom is -0.341 e. The van der Waals surface area contributed by atoms with Crippen LogP contribution in [-0.4, -0.2) is 45.5 Å². The standard InChI is InChI=1S/C27H30N4O/c32-26(27(13-14-27)22-9-5-2-6-10-22)31-16-11-21(18-31)25-23-19-30(15-12-24(23)28-29-25)17-20-7-3-1-4-8-20/h1-10,21H,11-19H2,(H,28,29). The number of nitrogens with one attached hydrogen (secondary N) is 1. The molecule has 3 aliphatic rings. The summed E-state index contributed by atoms with van der Waals surface area (Å²) in [7, 11) is 0. The van der Waals surface area contributed by atoms with Crippen LogP contribution in [0.5, 0.6) is 0 Å². The van der Waals surface area contributed by atoms with E-state index in [2.05, 4.69) is 57.4 Å². The lowest BCUT2D eigenvalue weighted by Crippen LogP contribution is -2.37. The second kappa shape index (κ2) is 7.89. The molecule has 5 nitrogen and oxygen atoms in total. The predicted molar refractivity (Wildman–Crippen MR) is 124 cm³/mol. The van der Waals surface area contributed by atoms with Crippen LogP contribution in [0.15, 0.2) is 60.7 Å². The second-order valence-electron chi connectivity index (χ2n) is 9.70. The molecule has 3 heterocycles. The summed E-state index contributed by atoms with van der Waals surface area (Å²) in [4.78, 5) is 18.1. The lowest BCUT2D eigenvalue weighted by Gasteiger charge is -2.28. The number of hydrogen-bond acceptors (Lipinski definition) is 3. The van der Waals surface area contributed by atoms with E-state index < -0.39 is 0 Å². The summed E-state index contributed by atoms with van der Waals surface area (Å²) in [6.07, 6.45) is 3.97. The molecular weight excluding hydrogens is 396 g/mol. The highest BCUT2D eigenvalue weighted by Gasteiger charge is 2.53. The van der Waals surface area contributed by atoms with Crippen molar-refractivity contribution in [2.45, 2.75) is 50.1 Å². The van der Waals surface area contributed by atoms with E-state index in [1.165, 1.54) is 28.1 Å². The third kappa shape index (κ3) is 3.45. The Morgan fingerprint density at radius 2 is 1.78 bits per heavy atom. The smallest absolute Gasteiger partial charge is 0.233 e. The van der Waals surface area contributed by atoms with E-state index in [1.807, 2.05) is 18.2 Å². The zero-order chi connectivity index (χ0) is 21.5. The van der Waals surface area contributed by atoms with E-state index in [9.17, 15) is 4.79 Å². The number of fused-ring (bicyclic) bond motifs is 1. The van der Waals surface area contributed by atoms with Gasteiger partial charge in [0.05, 0.1) is 11.1 Å². The number of aromatic amines is 1. The number of hydrogen-bond donors (Lipinski definition) is 1. The molecule has 1 saturated carbocycles. The van der Waals surface area contributed by atoms with Gasteiger partial charge in [-0.05, 0) is 30.4 Å². The Morgan fingerprint density at radius 1 is 1.03 bits per heavy atom. The minimum atomic E-state index is -0.270. The quantitative estimate of drug-likeness (QED) is 0.671. The van der Waals surface area contributed by atoms with Crippen LogP contribution < -0.4 is 0 Å². The van der Waals surface area contributed by atoms with E-state index in [0.717, 1.165) is 58.4 Å². The average molecular weight is 427 g/mol. The van der Waals surface area contributed by atoms with Gasteiger partial charge in [0.2, 0.25) is 5.91 Å². The molecule has 0 bridgehead atoms. The number of nitrogens with zero attached hydrogens (tertiary/aromatic N) is 3. The summed E-state index contributed by atoms with van der Waals surface area (Å²) in [6, 6.07) is 21.0. The largest absolute Gasteiger partial charge is 0.341 e. The average Bonchev–Trinajstić information content (AvgIpc) is 3.32. The van der Waals surface area contributed by atoms with Gasteiger partial charge in [0.25, 0.3) is 0 Å². The van der Waals surface area contributed by atoms with Gasteiger partial charge < -0.3 is 4.90 Å². The van der Waals surface area contributed by atoms with Crippen LogP contribution in [0.1, 0.15) is 53.3 Å². The number of likely N-dealkylation sites (tertiary alicyclic amines) is 1. The fourth-order valence-electron chi connectivity index (χ4n) is 5.67. The Morgan fingerprint density at radius 3 is 2.53 bits per heavy atom. The normalized spacial score (nSPS) is 22.0. The molecule has 1 atom stereocenters. The molecule has 164 valence electrons. The summed E-state index contributed by atoms with van der Waals surface area (Å²) in [5, 5.41) is 8.08. The van der Waals surface area contributed by atoms with Crippen LogP contribution in [0, 0.1) is 0 Å². The fourth-order valence-corrected chi connectivity index (χ4v) is 5.67. The number of rotatable bonds is 5. The van der Waals surface area contributed by atoms with Crippen molar-refractivity contribution < 1.29 is 4.79 Å². The van der Waals surface area contributed by atoms with Gasteiger partial charge in [-0.2, -0.15) is 5.10 Å². The van der Waals surface area contributed by atoms with E-state index in [1.54, 1.807) is 0 Å². The van der Waals surface area contributed by atoms with E-state index in [-0.39, 0.29) is 5.41 Å². The number of carbonyl (C=O) groups excluding carboxylic acids is 1. The van der Waals surface area contributed by atoms with Gasteiger partial charge in [-0.25, -0.2) is 0 Å². The molecule has 1 N–H and O–H groups in total. The van der Waals surface area contributed by atoms with E-state index in [0.29, 0.717) is 11.8 Å². The van der Waals surface area contributed by atoms with Crippen molar-refractivity contribution in [1.82, 2.24) is 20.0 Å². The first kappa shape index (κ1) is 19.7. The Bertz CT molecular complexity index is 1100. The molecule has 2 fully saturated rings. The lowest BCUT2D eigenvalue weighted by molar-refractivity contribution is -0.132. The minimum absolute atomic E-state index is 0.270. The van der Waals surface area contributed by atoms with Crippen molar-refractivity contribution in [3.63, 3.8) is 0 Å². The third-order valence-corrected chi connectivity index (χ3v) is 7.64. The third-order valence-electron chi connectivity index (χ3n) is 7.64. The van der Waals surface area contributed by atoms with Gasteiger partial charge in [-0.1, -0.05) is 60.7 Å². The molecule has 1 amide bonds. The molecule has 5 heteroatoms. The first-order valence-corrected chi connectivity index (χ1v) is 11.9. The number of H-pyrrole nitrogens is 1. The van der Waals surface area contributed by atoms with Gasteiger partial charge in [-0.3, -0.25) is 14.8 Å². The predicted octanol–water partition coefficient (Wildman–Crippen LogP) is 4.02. The summed E-state index contributed by atoms with van der Waals surface area (Å²) in [6.45, 7) is 4.60. The maximum atomic E-state index is 13.5. The van der Waals surface area contributed by atoms with Crippen LogP contribution in [0.3, 0.4) is 0 Å². The van der Waals surface area contributed by atoms with Gasteiger partial charge >= 0.3 is 0 Å². The highest BCUT2D eigenvalue weighted by molar-refractivity contribution is 5.91. The van der Waals surface area contributed by atoms with Crippen molar-refractivity contribution in [2.75, 3.05) is 19.6 Å². The first-order chi connectivity index (χ1) is 15.7. The van der Waals surface area contributed by atoms with Gasteiger partial charge in [-0.15, -0.1) is 0 Å². The Balaban J connectivity index is 1.16. The van der Waals surface area contributed by atoms with E-state index >= 15 is 0 Å². The maximum absolute atomic E-state index is 13.5. The molecule has 3 aromatic rings. The SMILES string of the molecule is O=C(N1CCC(c2n[nH]c3c2CN(Cc2ccccc2)CC3)C1)C1(c2ccccc2)CC1. The van der Waals surface area contributed by atoms with Crippen LogP contribution in [0.4, 0.5) is 0 Å². The van der Waals surface area contributed by atoms with Gasteiger partial charge in [0.1, 0.15) is 0 Å². The Hall–Kier alpha value is -2.92. The maximum Gasteiger partial charge on any atom is 0.233 e. The zero-order valence-electron chi connectivity index (χ0n) is 18.5. The van der Waals surface area contributed by atoms with E-state index in [4.69, 9.17) is 5.10 Å². The van der Waals surface area contributed by atoms with Crippen molar-refractivity contribution in [1.29, 1.82) is 0 Å². The molecule has 1 saturated heterocycles. The molecule has 0 spiro atoms. The molecule has 1 aromatic heterocycles. The topological polar surface area (TPSA) is 52.2 Å². The summed E-state index contributed by atoms with van der Waals surface area (Å²) in [5.74, 6) is 0.656. The molecule has 1 aliphatic carbocycles. The van der Waals surface area contributed by atoms with Crippen LogP contribution >= 0.6 is 0 Å². The number of aromatic nitrogens is 2. The van der Waals surface area contributed by atoms with Crippen LogP contribution in [0.2, 0.25) is 0 Å². The molecule has 1 unspecified atom stereocenters. The van der Waals surface area contributed by atoms with Crippen molar-refractivity contribution >= 4 is 5.91 Å². The molecule has 0 radical (unpaired) electrons. The van der Waals surface area contributed by atoms with Crippen molar-refractivity contribution in [3.8, 4) is 0 Å². The molecule has 6 rings (SSSR count). The number of benzene rings is 2. The molecule has 2 aliphatic heterocycles. The monoisotopic (exact) mass is 426 g/mol. The first-order valence-electron chi connectivity index (χ1n) is 11.9. The van der Waals surface area contributed by atoms with Crippen LogP contribution in [-0.2, 0) is 29.7 Å². The molecular formula is C27H30N4O. The van der Waals surface area contributed by atoms with Gasteiger partial charge in [0, 0.05) is 56.3 Å². The summed E-state index contributed by atoms with van der Waals surface area (Å²) >= 11 is 0. The Labute approximate surface area is 189 Å². The molecule has 32 heavy (non-hydrogen) atoms. The van der Waals surface area contributed by atoms with Crippen LogP contribution in [0.25, 0.3) is 0 Å². The fraction of sp³-hybridized carbons (Fsp3) is 0.407. The summed E-state index contributed by atoms with van der Waals surface area (Å²) < 4.78 is 0. The zero-order valence-corrected chi connectivity index (χ0v) is 18.5. The molecule has 2 aromatic carbocycles. The lowest BCUT2D eigenvalue weighted by atomic mass is 9.94. The van der Waals surface area contributed by atoms with Crippen molar-refractivity contribution in [2.24, 2.45) is 0 Å². The number of carbonyl (C=O) groups is 1. The van der Waals surface area contributed by atoms with Gasteiger partial charge in [0.15, 0.2) is 0 Å². The second-order valence-corrected chi connectivity index (χ2v) is 9.70. The highest BCUT2D eigenvalue weighted by Crippen LogP contribution is 2.50. The summed E-state index contributed by atoms with van der Waals surface area (Å²) in [5.41, 5.74) is 6.12. The Kier molecular flexibility index (Phi) is 4.87. The van der Waals surface area contributed by atoms with Crippen molar-refractivity contribution in [3.05, 3.63) is 88.7 Å². The highest BCUT2D eigenvalue weighted by atomic mass is 16.2. The number of amides is 1.